The molecule has 2 saturated heterocycles. The molecule has 0 aromatic rings. The number of rotatable bonds is 39. The summed E-state index contributed by atoms with van der Waals surface area (Å²) < 4.78 is 33.4. The van der Waals surface area contributed by atoms with E-state index >= 15 is 0 Å². The van der Waals surface area contributed by atoms with Gasteiger partial charge in [-0.1, -0.05) is 166 Å². The molecule has 11 atom stereocenters. The highest BCUT2D eigenvalue weighted by Crippen LogP contribution is 2.26. The van der Waals surface area contributed by atoms with Gasteiger partial charge in [0.15, 0.2) is 18.7 Å². The van der Waals surface area contributed by atoms with E-state index in [1.54, 1.807) is 12.2 Å². The minimum absolute atomic E-state index is 0.196. The highest BCUT2D eigenvalue weighted by Gasteiger charge is 2.47. The zero-order valence-corrected chi connectivity index (χ0v) is 40.4. The van der Waals surface area contributed by atoms with Crippen molar-refractivity contribution < 1.29 is 73.8 Å². The van der Waals surface area contributed by atoms with E-state index in [9.17, 15) is 45.3 Å². The molecule has 4 unspecified atom stereocenters. The van der Waals surface area contributed by atoms with Crippen molar-refractivity contribution in [1.29, 1.82) is 0 Å². The van der Waals surface area contributed by atoms with E-state index < -0.39 is 99.3 Å². The fraction of sp³-hybridized carbons (Fsp3) is 0.843. The summed E-state index contributed by atoms with van der Waals surface area (Å²) >= 11 is 0. The average Bonchev–Trinajstić information content (AvgIpc) is 3.31. The van der Waals surface area contributed by atoms with E-state index in [0.29, 0.717) is 6.42 Å². The molecule has 2 heterocycles. The Morgan fingerprint density at radius 2 is 0.985 bits per heavy atom. The Labute approximate surface area is 395 Å². The van der Waals surface area contributed by atoms with Crippen LogP contribution in [0.2, 0.25) is 0 Å². The second kappa shape index (κ2) is 38.6. The van der Waals surface area contributed by atoms with Crippen molar-refractivity contribution in [1.82, 2.24) is 0 Å². The van der Waals surface area contributed by atoms with Crippen molar-refractivity contribution in [3.8, 4) is 0 Å². The van der Waals surface area contributed by atoms with E-state index in [1.165, 1.54) is 115 Å². The number of hydrogen-bond acceptors (Lipinski definition) is 15. The van der Waals surface area contributed by atoms with Crippen LogP contribution in [0.25, 0.3) is 0 Å². The van der Waals surface area contributed by atoms with E-state index in [1.807, 2.05) is 6.08 Å². The second-order valence-corrected chi connectivity index (χ2v) is 18.1. The first-order chi connectivity index (χ1) is 32.0. The van der Waals surface area contributed by atoms with Crippen molar-refractivity contribution in [2.45, 2.75) is 248 Å². The maximum atomic E-state index is 12.9. The summed E-state index contributed by atoms with van der Waals surface area (Å²) in [6, 6.07) is 0. The standard InChI is InChI=1S/C51H90O15/c1-3-5-7-9-11-13-15-17-19-21-23-25-27-29-31-33-42(53)61-36-39(64-43(54)34-32-30-28-26-24-22-20-18-16-14-12-10-8-6-4-2)37-62-50-49(60)47(58)45(56)41(66-50)38-63-51-48(59)46(57)44(55)40(35-52)65-51/h9,11,28,30,32,34,39-41,44-52,55-60H,3-8,10,12-27,29,31,33,35-38H2,1-2H3/b11-9+,30-28+,34-32+/t39-,40-,41-,44+,45+,46?,47?,48?,49?,50-,51-/m1/s1. The third-order valence-electron chi connectivity index (χ3n) is 12.2. The molecule has 0 amide bonds. The van der Waals surface area contributed by atoms with E-state index in [2.05, 4.69) is 26.0 Å². The monoisotopic (exact) mass is 943 g/mol. The maximum Gasteiger partial charge on any atom is 0.331 e. The molecule has 66 heavy (non-hydrogen) atoms. The summed E-state index contributed by atoms with van der Waals surface area (Å²) in [6.07, 6.45) is 23.8. The number of esters is 2. The number of carbonyl (C=O) groups is 2. The van der Waals surface area contributed by atoms with Crippen molar-refractivity contribution >= 4 is 11.9 Å². The highest BCUT2D eigenvalue weighted by molar-refractivity contribution is 5.82. The fourth-order valence-corrected chi connectivity index (χ4v) is 7.93. The van der Waals surface area contributed by atoms with Crippen molar-refractivity contribution in [2.75, 3.05) is 26.4 Å². The molecule has 0 saturated carbocycles. The van der Waals surface area contributed by atoms with Gasteiger partial charge in [-0.05, 0) is 38.5 Å². The van der Waals surface area contributed by atoms with Crippen LogP contribution in [0.1, 0.15) is 181 Å². The Bertz CT molecular complexity index is 1290. The Hall–Kier alpha value is -2.28. The molecule has 0 aliphatic carbocycles. The van der Waals surface area contributed by atoms with E-state index in [4.69, 9.17) is 28.4 Å². The van der Waals surface area contributed by atoms with Gasteiger partial charge in [-0.3, -0.25) is 4.79 Å². The van der Waals surface area contributed by atoms with Crippen molar-refractivity contribution in [2.24, 2.45) is 0 Å². The van der Waals surface area contributed by atoms with Crippen molar-refractivity contribution in [3.63, 3.8) is 0 Å². The molecule has 0 bridgehead atoms. The first kappa shape index (κ1) is 59.8. The van der Waals surface area contributed by atoms with Crippen LogP contribution in [0.4, 0.5) is 0 Å². The lowest BCUT2D eigenvalue weighted by molar-refractivity contribution is -0.332. The summed E-state index contributed by atoms with van der Waals surface area (Å²) in [6.45, 7) is 2.45. The Morgan fingerprint density at radius 1 is 0.515 bits per heavy atom. The number of ether oxygens (including phenoxy) is 6. The molecule has 384 valence electrons. The molecule has 15 heteroatoms. The molecular weight excluding hydrogens is 853 g/mol. The van der Waals surface area contributed by atoms with Gasteiger partial charge in [0.25, 0.3) is 0 Å². The van der Waals surface area contributed by atoms with Gasteiger partial charge < -0.3 is 64.2 Å². The zero-order valence-electron chi connectivity index (χ0n) is 40.4. The first-order valence-electron chi connectivity index (χ1n) is 25.6. The van der Waals surface area contributed by atoms with Gasteiger partial charge in [-0.2, -0.15) is 0 Å². The van der Waals surface area contributed by atoms with Crippen LogP contribution in [0.3, 0.4) is 0 Å². The van der Waals surface area contributed by atoms with E-state index in [-0.39, 0.29) is 13.0 Å². The first-order valence-corrected chi connectivity index (χ1v) is 25.6. The summed E-state index contributed by atoms with van der Waals surface area (Å²) in [4.78, 5) is 25.6. The minimum Gasteiger partial charge on any atom is -0.462 e. The predicted molar refractivity (Wildman–Crippen MR) is 252 cm³/mol. The molecule has 15 nitrogen and oxygen atoms in total. The van der Waals surface area contributed by atoms with Crippen LogP contribution < -0.4 is 0 Å². The third kappa shape index (κ3) is 26.5. The van der Waals surface area contributed by atoms with Gasteiger partial charge in [0.05, 0.1) is 19.8 Å². The number of hydrogen-bond donors (Lipinski definition) is 7. The molecular formula is C51H90O15. The van der Waals surface area contributed by atoms with Crippen LogP contribution in [0, 0.1) is 0 Å². The van der Waals surface area contributed by atoms with Crippen LogP contribution in [0.5, 0.6) is 0 Å². The lowest BCUT2D eigenvalue weighted by Crippen LogP contribution is -2.61. The average molecular weight is 943 g/mol. The molecule has 2 rings (SSSR count). The number of aliphatic hydroxyl groups is 7. The van der Waals surface area contributed by atoms with Gasteiger partial charge in [0, 0.05) is 12.5 Å². The summed E-state index contributed by atoms with van der Waals surface area (Å²) in [5.41, 5.74) is 0. The van der Waals surface area contributed by atoms with Gasteiger partial charge in [-0.15, -0.1) is 0 Å². The molecule has 0 radical (unpaired) electrons. The summed E-state index contributed by atoms with van der Waals surface area (Å²) in [5, 5.41) is 72.0. The molecule has 2 aliphatic heterocycles. The molecule has 7 N–H and O–H groups in total. The normalized spacial score (nSPS) is 26.4. The largest absolute Gasteiger partial charge is 0.462 e. The minimum atomic E-state index is -1.78. The number of aliphatic hydroxyl groups excluding tert-OH is 7. The van der Waals surface area contributed by atoms with Gasteiger partial charge >= 0.3 is 11.9 Å². The van der Waals surface area contributed by atoms with Crippen molar-refractivity contribution in [3.05, 3.63) is 36.5 Å². The second-order valence-electron chi connectivity index (χ2n) is 18.1. The molecule has 0 spiro atoms. The number of allylic oxidation sites excluding steroid dienone is 5. The summed E-state index contributed by atoms with van der Waals surface area (Å²) in [5.74, 6) is -1.18. The van der Waals surface area contributed by atoms with Gasteiger partial charge in [0.2, 0.25) is 0 Å². The number of unbranched alkanes of at least 4 members (excludes halogenated alkanes) is 22. The topological polar surface area (TPSA) is 231 Å². The molecule has 2 fully saturated rings. The quantitative estimate of drug-likeness (QED) is 0.0109. The lowest BCUT2D eigenvalue weighted by Gasteiger charge is -2.42. The summed E-state index contributed by atoms with van der Waals surface area (Å²) in [7, 11) is 0. The van der Waals surface area contributed by atoms with Gasteiger partial charge in [0.1, 0.15) is 55.4 Å². The van der Waals surface area contributed by atoms with E-state index in [0.717, 1.165) is 44.9 Å². The SMILES string of the molecule is CCCC/C=C/CCCCCCCCCCCC(=O)OC[C@H](CO[C@@H]1O[C@H](CO[C@@H]2O[C@H](CO)[C@H](O)C(O)C2O)[C@H](O)C(O)C1O)OC(=O)/C=C/C=C/CCCCCCCCCCCCC. The maximum absolute atomic E-state index is 12.9. The Balaban J connectivity index is 1.85. The van der Waals surface area contributed by atoms with Crippen LogP contribution >= 0.6 is 0 Å². The van der Waals surface area contributed by atoms with Crippen LogP contribution in [0.15, 0.2) is 36.5 Å². The van der Waals surface area contributed by atoms with Crippen LogP contribution in [-0.2, 0) is 38.0 Å². The smallest absolute Gasteiger partial charge is 0.331 e. The molecule has 2 aliphatic rings. The third-order valence-corrected chi connectivity index (χ3v) is 12.2. The lowest BCUT2D eigenvalue weighted by atomic mass is 9.98. The molecule has 0 aromatic heterocycles. The van der Waals surface area contributed by atoms with Crippen LogP contribution in [-0.4, -0.2) is 142 Å². The fourth-order valence-electron chi connectivity index (χ4n) is 7.93. The highest BCUT2D eigenvalue weighted by atomic mass is 16.7. The Morgan fingerprint density at radius 3 is 1.55 bits per heavy atom. The zero-order chi connectivity index (χ0) is 48.2. The predicted octanol–water partition coefficient (Wildman–Crippen LogP) is 6.93. The Kier molecular flexibility index (Phi) is 35.0. The molecule has 0 aromatic carbocycles. The van der Waals surface area contributed by atoms with Gasteiger partial charge in [-0.25, -0.2) is 4.79 Å². The number of carbonyl (C=O) groups excluding carboxylic acids is 2.